The summed E-state index contributed by atoms with van der Waals surface area (Å²) in [6, 6.07) is 6.41. The summed E-state index contributed by atoms with van der Waals surface area (Å²) in [6.07, 6.45) is 2.07. The zero-order valence-electron chi connectivity index (χ0n) is 13.0. The summed E-state index contributed by atoms with van der Waals surface area (Å²) in [5.74, 6) is 0.959. The zero-order valence-corrected chi connectivity index (χ0v) is 13.0. The van der Waals surface area contributed by atoms with E-state index in [-0.39, 0.29) is 5.54 Å². The second-order valence-electron chi connectivity index (χ2n) is 5.83. The summed E-state index contributed by atoms with van der Waals surface area (Å²) < 4.78 is 5.29. The van der Waals surface area contributed by atoms with Crippen LogP contribution >= 0.6 is 0 Å². The van der Waals surface area contributed by atoms with E-state index in [4.69, 9.17) is 10.5 Å². The number of hydrogen-bond donors (Lipinski definition) is 1. The Labute approximate surface area is 117 Å². The van der Waals surface area contributed by atoms with Crippen molar-refractivity contribution in [2.45, 2.75) is 39.2 Å². The average Bonchev–Trinajstić information content (AvgIpc) is 2.36. The Morgan fingerprint density at radius 1 is 1.32 bits per heavy atom. The van der Waals surface area contributed by atoms with Crippen molar-refractivity contribution in [3.05, 3.63) is 29.3 Å². The number of ether oxygens (including phenoxy) is 1. The molecule has 0 aliphatic carbocycles. The fourth-order valence-electron chi connectivity index (χ4n) is 2.24. The normalized spacial score (nSPS) is 11.9. The van der Waals surface area contributed by atoms with Crippen molar-refractivity contribution >= 4 is 0 Å². The van der Waals surface area contributed by atoms with E-state index in [0.29, 0.717) is 0 Å². The molecule has 0 bridgehead atoms. The molecule has 0 amide bonds. The van der Waals surface area contributed by atoms with E-state index in [9.17, 15) is 0 Å². The van der Waals surface area contributed by atoms with E-state index in [0.717, 1.165) is 31.7 Å². The molecule has 0 unspecified atom stereocenters. The highest BCUT2D eigenvalue weighted by Gasteiger charge is 2.21. The summed E-state index contributed by atoms with van der Waals surface area (Å²) >= 11 is 0. The molecule has 0 heterocycles. The van der Waals surface area contributed by atoms with E-state index in [1.165, 1.54) is 11.1 Å². The molecular weight excluding hydrogens is 236 g/mol. The summed E-state index contributed by atoms with van der Waals surface area (Å²) in [5, 5.41) is 0. The molecule has 2 N–H and O–H groups in total. The summed E-state index contributed by atoms with van der Waals surface area (Å²) in [5.41, 5.74) is 8.39. The van der Waals surface area contributed by atoms with Crippen LogP contribution in [0.2, 0.25) is 0 Å². The lowest BCUT2D eigenvalue weighted by atomic mass is 9.98. The molecular formula is C16H28N2O. The van der Waals surface area contributed by atoms with E-state index in [1.54, 1.807) is 7.11 Å². The van der Waals surface area contributed by atoms with Crippen LogP contribution in [0.4, 0.5) is 0 Å². The fraction of sp³-hybridized carbons (Fsp3) is 0.625. The second kappa shape index (κ2) is 6.92. The molecule has 1 rings (SSSR count). The number of methoxy groups -OCH3 is 1. The predicted octanol–water partition coefficient (Wildman–Crippen LogP) is 2.61. The molecule has 0 fully saturated rings. The van der Waals surface area contributed by atoms with Gasteiger partial charge in [0.1, 0.15) is 5.75 Å². The van der Waals surface area contributed by atoms with Crippen LogP contribution in [0.3, 0.4) is 0 Å². The van der Waals surface area contributed by atoms with Crippen LogP contribution in [0.25, 0.3) is 0 Å². The van der Waals surface area contributed by atoms with Gasteiger partial charge in [-0.3, -0.25) is 0 Å². The SMILES string of the molecule is COc1ccc(CCN(C)C(C)(C)CCN)cc1C. The van der Waals surface area contributed by atoms with Crippen molar-refractivity contribution in [2.24, 2.45) is 5.73 Å². The van der Waals surface area contributed by atoms with E-state index in [2.05, 4.69) is 50.9 Å². The molecule has 0 aromatic heterocycles. The van der Waals surface area contributed by atoms with Crippen molar-refractivity contribution in [2.75, 3.05) is 27.2 Å². The van der Waals surface area contributed by atoms with Gasteiger partial charge in [-0.1, -0.05) is 12.1 Å². The Kier molecular flexibility index (Phi) is 5.83. The third-order valence-electron chi connectivity index (χ3n) is 3.98. The first-order valence-electron chi connectivity index (χ1n) is 6.95. The molecule has 0 radical (unpaired) electrons. The van der Waals surface area contributed by atoms with Crippen molar-refractivity contribution in [1.82, 2.24) is 4.90 Å². The van der Waals surface area contributed by atoms with Crippen LogP contribution in [0.15, 0.2) is 18.2 Å². The number of benzene rings is 1. The maximum absolute atomic E-state index is 5.67. The molecule has 0 spiro atoms. The first-order chi connectivity index (χ1) is 8.90. The Morgan fingerprint density at radius 3 is 2.53 bits per heavy atom. The first-order valence-corrected chi connectivity index (χ1v) is 6.95. The van der Waals surface area contributed by atoms with Crippen LogP contribution in [-0.2, 0) is 6.42 Å². The van der Waals surface area contributed by atoms with Crippen molar-refractivity contribution in [1.29, 1.82) is 0 Å². The lowest BCUT2D eigenvalue weighted by molar-refractivity contribution is 0.150. The van der Waals surface area contributed by atoms with E-state index >= 15 is 0 Å². The Balaban J connectivity index is 2.59. The average molecular weight is 264 g/mol. The first kappa shape index (κ1) is 16.0. The number of hydrogen-bond acceptors (Lipinski definition) is 3. The van der Waals surface area contributed by atoms with Crippen molar-refractivity contribution in [3.63, 3.8) is 0 Å². The quantitative estimate of drug-likeness (QED) is 0.822. The minimum atomic E-state index is 0.163. The monoisotopic (exact) mass is 264 g/mol. The van der Waals surface area contributed by atoms with Gasteiger partial charge in [0.25, 0.3) is 0 Å². The van der Waals surface area contributed by atoms with Crippen LogP contribution in [0.5, 0.6) is 5.75 Å². The van der Waals surface area contributed by atoms with Crippen LogP contribution in [0, 0.1) is 6.92 Å². The molecule has 0 saturated carbocycles. The van der Waals surface area contributed by atoms with Crippen molar-refractivity contribution < 1.29 is 4.74 Å². The lowest BCUT2D eigenvalue weighted by Crippen LogP contribution is -2.43. The third kappa shape index (κ3) is 4.51. The number of aryl methyl sites for hydroxylation is 1. The minimum Gasteiger partial charge on any atom is -0.496 e. The minimum absolute atomic E-state index is 0.163. The Morgan fingerprint density at radius 2 is 2.00 bits per heavy atom. The van der Waals surface area contributed by atoms with Gasteiger partial charge in [-0.05, 0) is 64.4 Å². The topological polar surface area (TPSA) is 38.5 Å². The smallest absolute Gasteiger partial charge is 0.121 e. The lowest BCUT2D eigenvalue weighted by Gasteiger charge is -2.35. The highest BCUT2D eigenvalue weighted by atomic mass is 16.5. The standard InChI is InChI=1S/C16H28N2O/c1-13-12-14(6-7-15(13)19-5)8-11-18(4)16(2,3)9-10-17/h6-7,12H,8-11,17H2,1-5H3. The molecule has 108 valence electrons. The predicted molar refractivity (Wildman–Crippen MR) is 81.8 cm³/mol. The molecule has 0 atom stereocenters. The molecule has 19 heavy (non-hydrogen) atoms. The third-order valence-corrected chi connectivity index (χ3v) is 3.98. The molecule has 0 aliphatic rings. The largest absolute Gasteiger partial charge is 0.496 e. The molecule has 1 aromatic rings. The Bertz CT molecular complexity index is 402. The maximum Gasteiger partial charge on any atom is 0.121 e. The van der Waals surface area contributed by atoms with Gasteiger partial charge in [0.2, 0.25) is 0 Å². The van der Waals surface area contributed by atoms with Gasteiger partial charge in [-0.2, -0.15) is 0 Å². The van der Waals surface area contributed by atoms with E-state index < -0.39 is 0 Å². The summed E-state index contributed by atoms with van der Waals surface area (Å²) in [4.78, 5) is 2.39. The molecule has 1 aromatic carbocycles. The highest BCUT2D eigenvalue weighted by molar-refractivity contribution is 5.36. The number of likely N-dealkylation sites (N-methyl/N-ethyl adjacent to an activating group) is 1. The maximum atomic E-state index is 5.67. The number of nitrogens with zero attached hydrogens (tertiary/aromatic N) is 1. The van der Waals surface area contributed by atoms with Crippen LogP contribution in [0.1, 0.15) is 31.4 Å². The van der Waals surface area contributed by atoms with Gasteiger partial charge in [0.05, 0.1) is 7.11 Å². The zero-order chi connectivity index (χ0) is 14.5. The Hall–Kier alpha value is -1.06. The van der Waals surface area contributed by atoms with Gasteiger partial charge in [0, 0.05) is 12.1 Å². The number of nitrogens with two attached hydrogens (primary N) is 1. The summed E-state index contributed by atoms with van der Waals surface area (Å²) in [7, 11) is 3.89. The highest BCUT2D eigenvalue weighted by Crippen LogP contribution is 2.20. The van der Waals surface area contributed by atoms with E-state index in [1.807, 2.05) is 0 Å². The van der Waals surface area contributed by atoms with Gasteiger partial charge in [0.15, 0.2) is 0 Å². The molecule has 0 aliphatic heterocycles. The second-order valence-corrected chi connectivity index (χ2v) is 5.83. The molecule has 3 heteroatoms. The fourth-order valence-corrected chi connectivity index (χ4v) is 2.24. The molecule has 3 nitrogen and oxygen atoms in total. The number of rotatable bonds is 7. The van der Waals surface area contributed by atoms with Crippen LogP contribution < -0.4 is 10.5 Å². The van der Waals surface area contributed by atoms with Crippen molar-refractivity contribution in [3.8, 4) is 5.75 Å². The van der Waals surface area contributed by atoms with Gasteiger partial charge >= 0.3 is 0 Å². The van der Waals surface area contributed by atoms with Gasteiger partial charge in [-0.25, -0.2) is 0 Å². The van der Waals surface area contributed by atoms with Gasteiger partial charge in [-0.15, -0.1) is 0 Å². The summed E-state index contributed by atoms with van der Waals surface area (Å²) in [6.45, 7) is 8.36. The van der Waals surface area contributed by atoms with Crippen LogP contribution in [-0.4, -0.2) is 37.7 Å². The van der Waals surface area contributed by atoms with Gasteiger partial charge < -0.3 is 15.4 Å². The molecule has 0 saturated heterocycles.